The fourth-order valence-electron chi connectivity index (χ4n) is 2.73. The van der Waals surface area contributed by atoms with Crippen LogP contribution in [0.25, 0.3) is 0 Å². The van der Waals surface area contributed by atoms with Crippen LogP contribution in [0.2, 0.25) is 0 Å². The molecule has 0 aromatic heterocycles. The van der Waals surface area contributed by atoms with E-state index in [9.17, 15) is 18.7 Å². The van der Waals surface area contributed by atoms with Gasteiger partial charge in [-0.2, -0.15) is 0 Å². The number of aliphatic hydroxyl groups excluding tert-OH is 1. The van der Waals surface area contributed by atoms with Crippen LogP contribution in [0.3, 0.4) is 0 Å². The quantitative estimate of drug-likeness (QED) is 0.865. The van der Waals surface area contributed by atoms with E-state index < -0.39 is 30.2 Å². The third-order valence-corrected chi connectivity index (χ3v) is 4.01. The van der Waals surface area contributed by atoms with E-state index in [2.05, 4.69) is 6.92 Å². The van der Waals surface area contributed by atoms with Crippen LogP contribution < -0.4 is 0 Å². The van der Waals surface area contributed by atoms with Crippen molar-refractivity contribution in [3.05, 3.63) is 0 Å². The van der Waals surface area contributed by atoms with E-state index in [0.717, 1.165) is 17.7 Å². The van der Waals surface area contributed by atoms with Crippen molar-refractivity contribution in [1.29, 1.82) is 0 Å². The normalized spacial score (nSPS) is 26.8. The Labute approximate surface area is 125 Å². The number of hydrogen-bond acceptors (Lipinski definition) is 3. The van der Waals surface area contributed by atoms with Crippen molar-refractivity contribution in [1.82, 2.24) is 4.90 Å². The third kappa shape index (κ3) is 5.09. The van der Waals surface area contributed by atoms with Gasteiger partial charge in [0.2, 0.25) is 0 Å². The highest BCUT2D eigenvalue weighted by molar-refractivity contribution is 5.69. The molecule has 1 amide bonds. The molecule has 0 atom stereocenters. The summed E-state index contributed by atoms with van der Waals surface area (Å²) in [5.74, 6) is 0.483. The van der Waals surface area contributed by atoms with Gasteiger partial charge < -0.3 is 9.84 Å². The molecule has 6 heteroatoms. The molecule has 1 fully saturated rings. The van der Waals surface area contributed by atoms with Gasteiger partial charge in [-0.15, -0.1) is 0 Å². The van der Waals surface area contributed by atoms with Gasteiger partial charge in [0.1, 0.15) is 5.60 Å². The minimum Gasteiger partial charge on any atom is -0.444 e. The molecule has 0 aromatic rings. The van der Waals surface area contributed by atoms with Crippen molar-refractivity contribution in [2.24, 2.45) is 5.92 Å². The van der Waals surface area contributed by atoms with Crippen LogP contribution in [0.5, 0.6) is 0 Å². The largest absolute Gasteiger partial charge is 0.444 e. The van der Waals surface area contributed by atoms with Gasteiger partial charge in [-0.25, -0.2) is 13.6 Å². The minimum atomic E-state index is -2.65. The fraction of sp³-hybridized carbons (Fsp3) is 0.933. The zero-order valence-corrected chi connectivity index (χ0v) is 13.4. The smallest absolute Gasteiger partial charge is 0.411 e. The summed E-state index contributed by atoms with van der Waals surface area (Å²) in [7, 11) is 0. The number of halogens is 2. The molecule has 1 saturated carbocycles. The highest BCUT2D eigenvalue weighted by Crippen LogP contribution is 2.37. The average Bonchev–Trinajstić information content (AvgIpc) is 2.35. The maximum Gasteiger partial charge on any atom is 0.411 e. The lowest BCUT2D eigenvalue weighted by atomic mass is 9.76. The number of ether oxygens (including phenoxy) is 1. The Bertz CT molecular complexity index is 347. The summed E-state index contributed by atoms with van der Waals surface area (Å²) in [6.07, 6.45) is -0.758. The molecule has 1 aliphatic rings. The Balaban J connectivity index is 2.96. The first-order valence-electron chi connectivity index (χ1n) is 7.49. The molecular weight excluding hydrogens is 280 g/mol. The van der Waals surface area contributed by atoms with E-state index in [4.69, 9.17) is 4.74 Å². The second-order valence-electron chi connectivity index (χ2n) is 7.05. The molecular formula is C15H27F2NO3. The minimum absolute atomic E-state index is 0.314. The van der Waals surface area contributed by atoms with E-state index in [-0.39, 0.29) is 6.61 Å². The van der Waals surface area contributed by atoms with Gasteiger partial charge in [0.05, 0.1) is 18.7 Å². The number of aliphatic hydroxyl groups is 1. The molecule has 0 spiro atoms. The maximum absolute atomic E-state index is 12.9. The van der Waals surface area contributed by atoms with Gasteiger partial charge >= 0.3 is 6.09 Å². The zero-order valence-electron chi connectivity index (χ0n) is 13.4. The third-order valence-electron chi connectivity index (χ3n) is 4.01. The van der Waals surface area contributed by atoms with Crippen LogP contribution in [0.4, 0.5) is 13.6 Å². The number of carbonyl (C=O) groups is 1. The van der Waals surface area contributed by atoms with Crippen LogP contribution in [0.1, 0.15) is 53.4 Å². The van der Waals surface area contributed by atoms with E-state index in [1.807, 2.05) is 0 Å². The van der Waals surface area contributed by atoms with Crippen molar-refractivity contribution >= 4 is 6.09 Å². The number of hydrogen-bond donors (Lipinski definition) is 1. The molecule has 0 saturated heterocycles. The van der Waals surface area contributed by atoms with Crippen LogP contribution in [-0.2, 0) is 4.74 Å². The molecule has 0 bridgehead atoms. The van der Waals surface area contributed by atoms with E-state index in [1.54, 1.807) is 20.8 Å². The van der Waals surface area contributed by atoms with Crippen LogP contribution in [-0.4, -0.2) is 46.8 Å². The molecule has 4 nitrogen and oxygen atoms in total. The molecule has 0 unspecified atom stereocenters. The molecule has 21 heavy (non-hydrogen) atoms. The van der Waals surface area contributed by atoms with Gasteiger partial charge in [0.25, 0.3) is 6.43 Å². The summed E-state index contributed by atoms with van der Waals surface area (Å²) < 4.78 is 31.0. The number of rotatable bonds is 4. The van der Waals surface area contributed by atoms with Crippen molar-refractivity contribution in [3.8, 4) is 0 Å². The summed E-state index contributed by atoms with van der Waals surface area (Å²) >= 11 is 0. The summed E-state index contributed by atoms with van der Waals surface area (Å²) in [6, 6.07) is 0. The molecule has 124 valence electrons. The second-order valence-corrected chi connectivity index (χ2v) is 7.05. The fourth-order valence-corrected chi connectivity index (χ4v) is 2.73. The Morgan fingerprint density at radius 1 is 1.38 bits per heavy atom. The highest BCUT2D eigenvalue weighted by Gasteiger charge is 2.44. The summed E-state index contributed by atoms with van der Waals surface area (Å²) in [4.78, 5) is 13.3. The van der Waals surface area contributed by atoms with Gasteiger partial charge in [-0.3, -0.25) is 4.90 Å². The number of alkyl halides is 2. The van der Waals surface area contributed by atoms with Crippen LogP contribution >= 0.6 is 0 Å². The van der Waals surface area contributed by atoms with Crippen molar-refractivity contribution in [2.75, 3.05) is 13.2 Å². The molecule has 1 aliphatic carbocycles. The van der Waals surface area contributed by atoms with Crippen molar-refractivity contribution < 1.29 is 23.4 Å². The Kier molecular flexibility index (Phi) is 5.96. The van der Waals surface area contributed by atoms with Gasteiger partial charge in [-0.05, 0) is 52.4 Å². The predicted octanol–water partition coefficient (Wildman–Crippen LogP) is 3.43. The lowest BCUT2D eigenvalue weighted by Crippen LogP contribution is -2.58. The Morgan fingerprint density at radius 2 is 1.90 bits per heavy atom. The second kappa shape index (κ2) is 6.90. The lowest BCUT2D eigenvalue weighted by molar-refractivity contribution is -0.0545. The zero-order chi connectivity index (χ0) is 16.3. The monoisotopic (exact) mass is 307 g/mol. The molecule has 1 rings (SSSR count). The number of carbonyl (C=O) groups excluding carboxylic acids is 1. The Morgan fingerprint density at radius 3 is 2.29 bits per heavy atom. The first-order valence-corrected chi connectivity index (χ1v) is 7.49. The highest BCUT2D eigenvalue weighted by atomic mass is 19.3. The van der Waals surface area contributed by atoms with Gasteiger partial charge in [0, 0.05) is 0 Å². The molecule has 0 heterocycles. The topological polar surface area (TPSA) is 49.8 Å². The van der Waals surface area contributed by atoms with E-state index >= 15 is 0 Å². The maximum atomic E-state index is 12.9. The first kappa shape index (κ1) is 18.1. The number of nitrogens with zero attached hydrogens (tertiary/aromatic N) is 1. The molecule has 1 N–H and O–H groups in total. The molecule has 0 aliphatic heterocycles. The van der Waals surface area contributed by atoms with E-state index in [0.29, 0.717) is 18.8 Å². The standard InChI is InChI=1S/C15H27F2NO3/c1-11-5-7-15(10-19,8-6-11)18(9-12(16)17)13(20)21-14(2,3)4/h11-12,19H,5-10H2,1-4H3. The molecule has 0 radical (unpaired) electrons. The van der Waals surface area contributed by atoms with Crippen LogP contribution in [0.15, 0.2) is 0 Å². The number of amides is 1. The lowest BCUT2D eigenvalue weighted by Gasteiger charge is -2.46. The Hall–Kier alpha value is -0.910. The summed E-state index contributed by atoms with van der Waals surface area (Å²) in [5, 5.41) is 9.76. The predicted molar refractivity (Wildman–Crippen MR) is 76.4 cm³/mol. The average molecular weight is 307 g/mol. The first-order chi connectivity index (χ1) is 9.59. The van der Waals surface area contributed by atoms with Gasteiger partial charge in [0.15, 0.2) is 0 Å². The van der Waals surface area contributed by atoms with Crippen LogP contribution in [0, 0.1) is 5.92 Å². The van der Waals surface area contributed by atoms with Crippen molar-refractivity contribution in [3.63, 3.8) is 0 Å². The SMILES string of the molecule is CC1CCC(CO)(N(CC(F)F)C(=O)OC(C)(C)C)CC1. The molecule has 0 aromatic carbocycles. The van der Waals surface area contributed by atoms with Crippen molar-refractivity contribution in [2.45, 2.75) is 70.9 Å². The van der Waals surface area contributed by atoms with E-state index in [1.165, 1.54) is 0 Å². The summed E-state index contributed by atoms with van der Waals surface area (Å²) in [6.45, 7) is 6.15. The summed E-state index contributed by atoms with van der Waals surface area (Å²) in [5.41, 5.74) is -1.68. The van der Waals surface area contributed by atoms with Gasteiger partial charge in [-0.1, -0.05) is 6.92 Å².